The molecule has 3 aromatic heterocycles. The third-order valence-corrected chi connectivity index (χ3v) is 4.18. The predicted molar refractivity (Wildman–Crippen MR) is 99.8 cm³/mol. The summed E-state index contributed by atoms with van der Waals surface area (Å²) in [5, 5.41) is 9.43. The van der Waals surface area contributed by atoms with Crippen molar-refractivity contribution in [2.24, 2.45) is 0 Å². The number of nitrogens with zero attached hydrogens (tertiary/aromatic N) is 3. The Balaban J connectivity index is 2.04. The first kappa shape index (κ1) is 15.6. The van der Waals surface area contributed by atoms with Gasteiger partial charge in [-0.2, -0.15) is 5.26 Å². The zero-order valence-corrected chi connectivity index (χ0v) is 13.8. The van der Waals surface area contributed by atoms with E-state index in [1.165, 1.54) is 0 Å². The number of aromatic nitrogens is 3. The van der Waals surface area contributed by atoms with Gasteiger partial charge in [0.2, 0.25) is 0 Å². The van der Waals surface area contributed by atoms with Crippen LogP contribution in [0.5, 0.6) is 0 Å². The average Bonchev–Trinajstić information content (AvgIpc) is 3.23. The van der Waals surface area contributed by atoms with Gasteiger partial charge in [0.25, 0.3) is 5.56 Å². The molecule has 0 radical (unpaired) electrons. The molecule has 0 saturated carbocycles. The summed E-state index contributed by atoms with van der Waals surface area (Å²) in [6.45, 7) is 0. The summed E-state index contributed by atoms with van der Waals surface area (Å²) in [7, 11) is 0. The van der Waals surface area contributed by atoms with E-state index in [0.717, 1.165) is 16.9 Å². The fourth-order valence-corrected chi connectivity index (χ4v) is 2.92. The predicted octanol–water partition coefficient (Wildman–Crippen LogP) is 3.77. The van der Waals surface area contributed by atoms with E-state index < -0.39 is 0 Å². The van der Waals surface area contributed by atoms with Crippen molar-refractivity contribution in [1.82, 2.24) is 14.5 Å². The standard InChI is InChI=1S/C21H14N4O/c22-12-15-5-1-2-6-18(15)19-11-16(20-7-3-4-9-24-20)14-25(21(19)26)17-8-10-23-13-17/h1-11,13-14,23H. The van der Waals surface area contributed by atoms with Crippen molar-refractivity contribution in [2.45, 2.75) is 0 Å². The summed E-state index contributed by atoms with van der Waals surface area (Å²) >= 11 is 0. The van der Waals surface area contributed by atoms with Gasteiger partial charge in [-0.3, -0.25) is 14.3 Å². The minimum Gasteiger partial charge on any atom is -0.366 e. The molecule has 0 atom stereocenters. The minimum atomic E-state index is -0.188. The first-order valence-electron chi connectivity index (χ1n) is 8.09. The molecule has 5 heteroatoms. The molecule has 1 aromatic carbocycles. The van der Waals surface area contributed by atoms with Crippen molar-refractivity contribution in [1.29, 1.82) is 5.26 Å². The third-order valence-electron chi connectivity index (χ3n) is 4.18. The maximum atomic E-state index is 13.1. The molecule has 0 amide bonds. The van der Waals surface area contributed by atoms with E-state index in [1.54, 1.807) is 53.6 Å². The third kappa shape index (κ3) is 2.70. The van der Waals surface area contributed by atoms with Gasteiger partial charge in [0.05, 0.1) is 23.0 Å². The Hall–Kier alpha value is -3.91. The normalized spacial score (nSPS) is 10.4. The maximum absolute atomic E-state index is 13.1. The van der Waals surface area contributed by atoms with Crippen LogP contribution in [-0.2, 0) is 0 Å². The second kappa shape index (κ2) is 6.54. The summed E-state index contributed by atoms with van der Waals surface area (Å²) in [6, 6.07) is 18.5. The van der Waals surface area contributed by atoms with Crippen LogP contribution in [0.25, 0.3) is 28.1 Å². The minimum absolute atomic E-state index is 0.188. The number of rotatable bonds is 3. The molecular formula is C21H14N4O. The van der Waals surface area contributed by atoms with Gasteiger partial charge in [-0.05, 0) is 30.3 Å². The molecular weight excluding hydrogens is 324 g/mol. The highest BCUT2D eigenvalue weighted by atomic mass is 16.1. The van der Waals surface area contributed by atoms with E-state index in [2.05, 4.69) is 16.0 Å². The van der Waals surface area contributed by atoms with Crippen molar-refractivity contribution < 1.29 is 0 Å². The zero-order chi connectivity index (χ0) is 17.9. The zero-order valence-electron chi connectivity index (χ0n) is 13.8. The Labute approximate surface area is 149 Å². The molecule has 0 spiro atoms. The summed E-state index contributed by atoms with van der Waals surface area (Å²) in [4.78, 5) is 20.5. The molecule has 4 aromatic rings. The Morgan fingerprint density at radius 2 is 1.88 bits per heavy atom. The van der Waals surface area contributed by atoms with E-state index >= 15 is 0 Å². The molecule has 26 heavy (non-hydrogen) atoms. The maximum Gasteiger partial charge on any atom is 0.263 e. The Bertz CT molecular complexity index is 1150. The number of benzene rings is 1. The van der Waals surface area contributed by atoms with Crippen molar-refractivity contribution in [3.8, 4) is 34.1 Å². The largest absolute Gasteiger partial charge is 0.366 e. The van der Waals surface area contributed by atoms with Crippen LogP contribution < -0.4 is 5.56 Å². The fraction of sp³-hybridized carbons (Fsp3) is 0. The highest BCUT2D eigenvalue weighted by Crippen LogP contribution is 2.25. The van der Waals surface area contributed by atoms with E-state index in [4.69, 9.17) is 0 Å². The van der Waals surface area contributed by atoms with Gasteiger partial charge in [0.1, 0.15) is 0 Å². The molecule has 0 bridgehead atoms. The van der Waals surface area contributed by atoms with Gasteiger partial charge in [0.15, 0.2) is 0 Å². The van der Waals surface area contributed by atoms with E-state index in [1.807, 2.05) is 30.3 Å². The molecule has 0 aliphatic heterocycles. The van der Waals surface area contributed by atoms with Crippen LogP contribution in [0.15, 0.2) is 84.2 Å². The monoisotopic (exact) mass is 338 g/mol. The molecule has 124 valence electrons. The summed E-state index contributed by atoms with van der Waals surface area (Å²) in [5.74, 6) is 0. The second-order valence-electron chi connectivity index (χ2n) is 5.76. The van der Waals surface area contributed by atoms with Crippen molar-refractivity contribution in [2.75, 3.05) is 0 Å². The van der Waals surface area contributed by atoms with Crippen LogP contribution in [0, 0.1) is 11.3 Å². The highest BCUT2D eigenvalue weighted by Gasteiger charge is 2.14. The molecule has 4 rings (SSSR count). The lowest BCUT2D eigenvalue weighted by atomic mass is 9.99. The van der Waals surface area contributed by atoms with Gasteiger partial charge in [0, 0.05) is 41.5 Å². The number of nitriles is 1. The lowest BCUT2D eigenvalue weighted by Crippen LogP contribution is -2.20. The van der Waals surface area contributed by atoms with Crippen LogP contribution in [-0.4, -0.2) is 14.5 Å². The van der Waals surface area contributed by atoms with Gasteiger partial charge in [-0.25, -0.2) is 0 Å². The summed E-state index contributed by atoms with van der Waals surface area (Å²) in [5.41, 5.74) is 3.63. The van der Waals surface area contributed by atoms with Gasteiger partial charge < -0.3 is 4.98 Å². The first-order valence-corrected chi connectivity index (χ1v) is 8.09. The average molecular weight is 338 g/mol. The molecule has 0 unspecified atom stereocenters. The van der Waals surface area contributed by atoms with E-state index in [9.17, 15) is 10.1 Å². The van der Waals surface area contributed by atoms with E-state index in [0.29, 0.717) is 16.7 Å². The van der Waals surface area contributed by atoms with Gasteiger partial charge in [-0.15, -0.1) is 0 Å². The molecule has 0 aliphatic carbocycles. The number of hydrogen-bond acceptors (Lipinski definition) is 3. The summed E-state index contributed by atoms with van der Waals surface area (Å²) < 4.78 is 1.57. The van der Waals surface area contributed by atoms with Crippen LogP contribution in [0.1, 0.15) is 5.56 Å². The Kier molecular flexibility index (Phi) is 3.92. The Morgan fingerprint density at radius 3 is 2.62 bits per heavy atom. The van der Waals surface area contributed by atoms with Gasteiger partial charge >= 0.3 is 0 Å². The smallest absolute Gasteiger partial charge is 0.263 e. The second-order valence-corrected chi connectivity index (χ2v) is 5.76. The SMILES string of the molecule is N#Cc1ccccc1-c1cc(-c2ccccn2)cn(-c2cc[nH]c2)c1=O. The van der Waals surface area contributed by atoms with Crippen LogP contribution >= 0.6 is 0 Å². The molecule has 5 nitrogen and oxygen atoms in total. The highest BCUT2D eigenvalue weighted by molar-refractivity contribution is 5.74. The van der Waals surface area contributed by atoms with E-state index in [-0.39, 0.29) is 5.56 Å². The topological polar surface area (TPSA) is 74.5 Å². The lowest BCUT2D eigenvalue weighted by Gasteiger charge is -2.11. The molecule has 3 heterocycles. The number of hydrogen-bond donors (Lipinski definition) is 1. The van der Waals surface area contributed by atoms with Crippen LogP contribution in [0.4, 0.5) is 0 Å². The molecule has 0 saturated heterocycles. The number of nitrogens with one attached hydrogen (secondary N) is 1. The Morgan fingerprint density at radius 1 is 1.04 bits per heavy atom. The number of H-pyrrole nitrogens is 1. The molecule has 1 N–H and O–H groups in total. The van der Waals surface area contributed by atoms with Crippen molar-refractivity contribution in [3.05, 3.63) is 95.3 Å². The fourth-order valence-electron chi connectivity index (χ4n) is 2.92. The van der Waals surface area contributed by atoms with Crippen LogP contribution in [0.3, 0.4) is 0 Å². The molecule has 0 aliphatic rings. The lowest BCUT2D eigenvalue weighted by molar-refractivity contribution is 0.995. The van der Waals surface area contributed by atoms with Crippen molar-refractivity contribution >= 4 is 0 Å². The number of aromatic amines is 1. The van der Waals surface area contributed by atoms with Crippen LogP contribution in [0.2, 0.25) is 0 Å². The number of pyridine rings is 2. The van der Waals surface area contributed by atoms with Crippen molar-refractivity contribution in [3.63, 3.8) is 0 Å². The summed E-state index contributed by atoms with van der Waals surface area (Å²) in [6.07, 6.45) is 7.00. The first-order chi connectivity index (χ1) is 12.8. The quantitative estimate of drug-likeness (QED) is 0.618. The van der Waals surface area contributed by atoms with Gasteiger partial charge in [-0.1, -0.05) is 24.3 Å². The molecule has 0 fully saturated rings.